The Kier molecular flexibility index (Phi) is 7.16. The maximum atomic E-state index is 12.4. The highest BCUT2D eigenvalue weighted by Gasteiger charge is 2.20. The molecule has 0 radical (unpaired) electrons. The second-order valence-electron chi connectivity index (χ2n) is 7.54. The number of carbonyl (C=O) groups is 1. The number of esters is 1. The lowest BCUT2D eigenvalue weighted by atomic mass is 9.86. The molecule has 0 aliphatic carbocycles. The SMILES string of the molecule is CCn1nc(C)cc1/C(OCOC(=O)CF)=C(\C#N)c1ccc(C(C)(C)C)cc1. The van der Waals surface area contributed by atoms with Gasteiger partial charge in [-0.2, -0.15) is 10.4 Å². The van der Waals surface area contributed by atoms with E-state index in [9.17, 15) is 14.4 Å². The monoisotopic (exact) mass is 399 g/mol. The predicted octanol–water partition coefficient (Wildman–Crippen LogP) is 4.39. The molecule has 6 nitrogen and oxygen atoms in total. The van der Waals surface area contributed by atoms with Gasteiger partial charge in [0.15, 0.2) is 12.4 Å². The molecule has 0 saturated carbocycles. The lowest BCUT2D eigenvalue weighted by Gasteiger charge is -2.19. The number of benzene rings is 1. The van der Waals surface area contributed by atoms with Crippen LogP contribution in [0.4, 0.5) is 4.39 Å². The van der Waals surface area contributed by atoms with E-state index in [-0.39, 0.29) is 16.7 Å². The maximum absolute atomic E-state index is 12.4. The lowest BCUT2D eigenvalue weighted by Crippen LogP contribution is -2.12. The molecule has 0 bridgehead atoms. The second-order valence-corrected chi connectivity index (χ2v) is 7.54. The van der Waals surface area contributed by atoms with Crippen molar-refractivity contribution >= 4 is 17.3 Å². The molecule has 29 heavy (non-hydrogen) atoms. The van der Waals surface area contributed by atoms with Crippen molar-refractivity contribution in [3.8, 4) is 6.07 Å². The van der Waals surface area contributed by atoms with Gasteiger partial charge in [0.1, 0.15) is 17.3 Å². The van der Waals surface area contributed by atoms with Crippen LogP contribution >= 0.6 is 0 Å². The highest BCUT2D eigenvalue weighted by atomic mass is 19.1. The molecule has 0 unspecified atom stereocenters. The molecular weight excluding hydrogens is 373 g/mol. The minimum atomic E-state index is -1.24. The van der Waals surface area contributed by atoms with E-state index >= 15 is 0 Å². The molecule has 1 aromatic heterocycles. The first-order valence-corrected chi connectivity index (χ1v) is 9.35. The Labute approximate surface area is 170 Å². The summed E-state index contributed by atoms with van der Waals surface area (Å²) in [5, 5.41) is 14.3. The summed E-state index contributed by atoms with van der Waals surface area (Å²) in [6, 6.07) is 11.6. The number of hydrogen-bond donors (Lipinski definition) is 0. The number of hydrogen-bond acceptors (Lipinski definition) is 5. The molecule has 0 spiro atoms. The topological polar surface area (TPSA) is 77.1 Å². The number of alkyl halides is 1. The minimum absolute atomic E-state index is 0.0209. The van der Waals surface area contributed by atoms with Crippen LogP contribution in [0.2, 0.25) is 0 Å². The molecule has 1 heterocycles. The highest BCUT2D eigenvalue weighted by molar-refractivity contribution is 5.94. The van der Waals surface area contributed by atoms with Crippen LogP contribution < -0.4 is 0 Å². The van der Waals surface area contributed by atoms with E-state index in [0.717, 1.165) is 11.3 Å². The van der Waals surface area contributed by atoms with Crippen molar-refractivity contribution in [2.24, 2.45) is 0 Å². The zero-order valence-electron chi connectivity index (χ0n) is 17.5. The summed E-state index contributed by atoms with van der Waals surface area (Å²) in [5.74, 6) is -0.803. The van der Waals surface area contributed by atoms with E-state index in [1.807, 2.05) is 38.1 Å². The Morgan fingerprint density at radius 1 is 1.24 bits per heavy atom. The molecule has 154 valence electrons. The van der Waals surface area contributed by atoms with Gasteiger partial charge >= 0.3 is 5.97 Å². The first-order chi connectivity index (χ1) is 13.7. The molecule has 0 atom stereocenters. The quantitative estimate of drug-likeness (QED) is 0.299. The molecule has 0 aliphatic rings. The van der Waals surface area contributed by atoms with Gasteiger partial charge < -0.3 is 9.47 Å². The number of aryl methyl sites for hydroxylation is 2. The third kappa shape index (κ3) is 5.44. The number of ether oxygens (including phenoxy) is 2. The van der Waals surface area contributed by atoms with Crippen molar-refractivity contribution in [3.05, 3.63) is 52.8 Å². The van der Waals surface area contributed by atoms with Crippen molar-refractivity contribution in [3.63, 3.8) is 0 Å². The zero-order valence-corrected chi connectivity index (χ0v) is 17.5. The van der Waals surface area contributed by atoms with Gasteiger partial charge in [0.2, 0.25) is 6.79 Å². The molecule has 2 aromatic rings. The number of carbonyl (C=O) groups excluding carboxylic acids is 1. The van der Waals surface area contributed by atoms with E-state index in [1.165, 1.54) is 0 Å². The molecule has 0 N–H and O–H groups in total. The molecule has 0 amide bonds. The zero-order chi connectivity index (χ0) is 21.6. The van der Waals surface area contributed by atoms with E-state index in [4.69, 9.17) is 9.47 Å². The van der Waals surface area contributed by atoms with Gasteiger partial charge in [0.05, 0.1) is 5.69 Å². The Hall–Kier alpha value is -3.14. The van der Waals surface area contributed by atoms with Gasteiger partial charge in [-0.25, -0.2) is 9.18 Å². The van der Waals surface area contributed by atoms with Crippen LogP contribution in [0.1, 0.15) is 50.2 Å². The van der Waals surface area contributed by atoms with Crippen molar-refractivity contribution in [2.75, 3.05) is 13.5 Å². The minimum Gasteiger partial charge on any atom is -0.454 e. The van der Waals surface area contributed by atoms with Gasteiger partial charge in [-0.05, 0) is 36.5 Å². The van der Waals surface area contributed by atoms with Crippen molar-refractivity contribution in [1.82, 2.24) is 9.78 Å². The first-order valence-electron chi connectivity index (χ1n) is 9.35. The van der Waals surface area contributed by atoms with Gasteiger partial charge in [-0.15, -0.1) is 0 Å². The molecule has 1 aromatic carbocycles. The molecule has 0 aliphatic heterocycles. The molecule has 7 heteroatoms. The van der Waals surface area contributed by atoms with E-state index in [0.29, 0.717) is 17.8 Å². The van der Waals surface area contributed by atoms with Crippen LogP contribution in [0, 0.1) is 18.3 Å². The second kappa shape index (κ2) is 9.37. The van der Waals surface area contributed by atoms with Crippen LogP contribution in [0.5, 0.6) is 0 Å². The normalized spacial score (nSPS) is 12.2. The summed E-state index contributed by atoms with van der Waals surface area (Å²) in [6.45, 7) is 8.90. The number of allylic oxidation sites excluding steroid dienone is 1. The van der Waals surface area contributed by atoms with E-state index in [2.05, 4.69) is 31.9 Å². The standard InChI is InChI=1S/C22H26FN3O3/c1-6-26-19(11-15(2)25-26)21(29-14-28-20(27)12-23)18(13-24)16-7-9-17(10-8-16)22(3,4)5/h7-11H,6,12,14H2,1-5H3/b21-18-. The number of rotatable bonds is 7. The third-order valence-electron chi connectivity index (χ3n) is 4.35. The van der Waals surface area contributed by atoms with E-state index in [1.54, 1.807) is 10.7 Å². The summed E-state index contributed by atoms with van der Waals surface area (Å²) >= 11 is 0. The maximum Gasteiger partial charge on any atom is 0.340 e. The average molecular weight is 399 g/mol. The number of nitrogens with zero attached hydrogens (tertiary/aromatic N) is 3. The van der Waals surface area contributed by atoms with Crippen molar-refractivity contribution in [2.45, 2.75) is 46.6 Å². The fourth-order valence-corrected chi connectivity index (χ4v) is 2.82. The molecule has 2 rings (SSSR count). The number of nitriles is 1. The van der Waals surface area contributed by atoms with Crippen LogP contribution in [0.15, 0.2) is 30.3 Å². The summed E-state index contributed by atoms with van der Waals surface area (Å²) in [4.78, 5) is 11.1. The highest BCUT2D eigenvalue weighted by Crippen LogP contribution is 2.30. The smallest absolute Gasteiger partial charge is 0.340 e. The van der Waals surface area contributed by atoms with Crippen molar-refractivity contribution in [1.29, 1.82) is 5.26 Å². The summed E-state index contributed by atoms with van der Waals surface area (Å²) < 4.78 is 24.4. The fourth-order valence-electron chi connectivity index (χ4n) is 2.82. The van der Waals surface area contributed by atoms with Gasteiger partial charge in [-0.1, -0.05) is 45.0 Å². The predicted molar refractivity (Wildman–Crippen MR) is 108 cm³/mol. The fraction of sp³-hybridized carbons (Fsp3) is 0.409. The van der Waals surface area contributed by atoms with Crippen LogP contribution in [0.25, 0.3) is 11.3 Å². The van der Waals surface area contributed by atoms with Gasteiger partial charge in [0.25, 0.3) is 0 Å². The summed E-state index contributed by atoms with van der Waals surface area (Å²) in [7, 11) is 0. The van der Waals surface area contributed by atoms with Gasteiger partial charge in [-0.3, -0.25) is 4.68 Å². The summed E-state index contributed by atoms with van der Waals surface area (Å²) in [6.07, 6.45) is 0. The molecule has 0 saturated heterocycles. The largest absolute Gasteiger partial charge is 0.454 e. The van der Waals surface area contributed by atoms with Crippen LogP contribution in [-0.4, -0.2) is 29.2 Å². The lowest BCUT2D eigenvalue weighted by molar-refractivity contribution is -0.152. The van der Waals surface area contributed by atoms with Crippen LogP contribution in [0.3, 0.4) is 0 Å². The third-order valence-corrected chi connectivity index (χ3v) is 4.35. The Morgan fingerprint density at radius 2 is 1.90 bits per heavy atom. The molecule has 0 fully saturated rings. The number of halogens is 1. The van der Waals surface area contributed by atoms with Gasteiger partial charge in [0, 0.05) is 6.54 Å². The molecular formula is C22H26FN3O3. The first kappa shape index (κ1) is 22.2. The Balaban J connectivity index is 2.54. The summed E-state index contributed by atoms with van der Waals surface area (Å²) in [5.41, 5.74) is 3.38. The Morgan fingerprint density at radius 3 is 2.41 bits per heavy atom. The van der Waals surface area contributed by atoms with Crippen LogP contribution in [-0.2, 0) is 26.2 Å². The van der Waals surface area contributed by atoms with E-state index < -0.39 is 19.4 Å². The number of aromatic nitrogens is 2. The Bertz CT molecular complexity index is 932. The van der Waals surface area contributed by atoms with Crippen molar-refractivity contribution < 1.29 is 18.7 Å². The average Bonchev–Trinajstić information content (AvgIpc) is 3.07.